The van der Waals surface area contributed by atoms with Gasteiger partial charge < -0.3 is 5.32 Å². The Bertz CT molecular complexity index is 237. The van der Waals surface area contributed by atoms with Gasteiger partial charge in [0.1, 0.15) is 0 Å². The summed E-state index contributed by atoms with van der Waals surface area (Å²) >= 11 is 6.08. The molecular formula is C16H30ClNO. The highest BCUT2D eigenvalue weighted by Crippen LogP contribution is 2.26. The standard InChI is InChI=1S/C16H30ClNO/c1-2-3-4-5-6-7-8-16(19)18-13-14-9-11-15(17)12-10-14/h14-15H,2-13H2,1H3,(H,18,19). The minimum absolute atomic E-state index is 0.239. The fourth-order valence-corrected chi connectivity index (χ4v) is 2.99. The van der Waals surface area contributed by atoms with Crippen LogP contribution in [0.1, 0.15) is 77.6 Å². The molecule has 19 heavy (non-hydrogen) atoms. The minimum atomic E-state index is 0.239. The number of carbonyl (C=O) groups excluding carboxylic acids is 1. The zero-order chi connectivity index (χ0) is 13.9. The summed E-state index contributed by atoms with van der Waals surface area (Å²) in [7, 11) is 0. The lowest BCUT2D eigenvalue weighted by Gasteiger charge is -2.25. The topological polar surface area (TPSA) is 29.1 Å². The first-order valence-corrected chi connectivity index (χ1v) is 8.56. The van der Waals surface area contributed by atoms with Gasteiger partial charge in [-0.15, -0.1) is 11.6 Å². The first-order valence-electron chi connectivity index (χ1n) is 8.13. The number of rotatable bonds is 9. The zero-order valence-electron chi connectivity index (χ0n) is 12.4. The minimum Gasteiger partial charge on any atom is -0.356 e. The van der Waals surface area contributed by atoms with Crippen molar-refractivity contribution in [1.29, 1.82) is 0 Å². The van der Waals surface area contributed by atoms with E-state index in [0.717, 1.165) is 25.8 Å². The van der Waals surface area contributed by atoms with Crippen LogP contribution in [0.5, 0.6) is 0 Å². The van der Waals surface area contributed by atoms with E-state index in [4.69, 9.17) is 11.6 Å². The van der Waals surface area contributed by atoms with Crippen LogP contribution in [0.15, 0.2) is 0 Å². The Balaban J connectivity index is 1.93. The maximum atomic E-state index is 11.7. The Morgan fingerprint density at radius 3 is 2.37 bits per heavy atom. The zero-order valence-corrected chi connectivity index (χ0v) is 13.2. The molecule has 2 nitrogen and oxygen atoms in total. The van der Waals surface area contributed by atoms with E-state index in [1.807, 2.05) is 0 Å². The largest absolute Gasteiger partial charge is 0.356 e. The number of hydrogen-bond donors (Lipinski definition) is 1. The molecule has 0 saturated heterocycles. The molecule has 1 saturated carbocycles. The van der Waals surface area contributed by atoms with E-state index in [-0.39, 0.29) is 5.91 Å². The Morgan fingerprint density at radius 1 is 1.05 bits per heavy atom. The second kappa shape index (κ2) is 10.5. The molecule has 0 aromatic heterocycles. The van der Waals surface area contributed by atoms with Crippen molar-refractivity contribution < 1.29 is 4.79 Å². The third kappa shape index (κ3) is 8.52. The average Bonchev–Trinajstić information content (AvgIpc) is 2.42. The SMILES string of the molecule is CCCCCCCCC(=O)NCC1CCC(Cl)CC1. The fourth-order valence-electron chi connectivity index (χ4n) is 2.74. The van der Waals surface area contributed by atoms with Crippen LogP contribution in [-0.2, 0) is 4.79 Å². The molecule has 1 N–H and O–H groups in total. The van der Waals surface area contributed by atoms with Gasteiger partial charge in [0.05, 0.1) is 0 Å². The van der Waals surface area contributed by atoms with Crippen LogP contribution >= 0.6 is 11.6 Å². The van der Waals surface area contributed by atoms with Gasteiger partial charge in [0.2, 0.25) is 5.91 Å². The fraction of sp³-hybridized carbons (Fsp3) is 0.938. The highest BCUT2D eigenvalue weighted by atomic mass is 35.5. The van der Waals surface area contributed by atoms with Crippen LogP contribution in [0.25, 0.3) is 0 Å². The predicted molar refractivity (Wildman–Crippen MR) is 82.6 cm³/mol. The van der Waals surface area contributed by atoms with Gasteiger partial charge in [-0.05, 0) is 38.0 Å². The first-order chi connectivity index (χ1) is 9.22. The van der Waals surface area contributed by atoms with Crippen LogP contribution < -0.4 is 5.32 Å². The Hall–Kier alpha value is -0.240. The number of unbranched alkanes of at least 4 members (excludes halogenated alkanes) is 5. The summed E-state index contributed by atoms with van der Waals surface area (Å²) in [5.41, 5.74) is 0. The molecule has 3 heteroatoms. The lowest BCUT2D eigenvalue weighted by molar-refractivity contribution is -0.121. The van der Waals surface area contributed by atoms with E-state index in [0.29, 0.717) is 17.7 Å². The van der Waals surface area contributed by atoms with Gasteiger partial charge in [0, 0.05) is 18.3 Å². The Kier molecular flexibility index (Phi) is 9.32. The van der Waals surface area contributed by atoms with Crippen LogP contribution in [-0.4, -0.2) is 17.8 Å². The van der Waals surface area contributed by atoms with Crippen molar-refractivity contribution in [3.63, 3.8) is 0 Å². The number of halogens is 1. The molecule has 0 radical (unpaired) electrons. The van der Waals surface area contributed by atoms with Crippen molar-refractivity contribution in [3.8, 4) is 0 Å². The molecule has 1 amide bonds. The van der Waals surface area contributed by atoms with E-state index in [2.05, 4.69) is 12.2 Å². The molecule has 0 atom stereocenters. The van der Waals surface area contributed by atoms with Crippen LogP contribution in [0.3, 0.4) is 0 Å². The van der Waals surface area contributed by atoms with Crippen LogP contribution in [0.4, 0.5) is 0 Å². The molecule has 1 aliphatic carbocycles. The van der Waals surface area contributed by atoms with Crippen molar-refractivity contribution in [2.75, 3.05) is 6.54 Å². The van der Waals surface area contributed by atoms with Gasteiger partial charge in [-0.2, -0.15) is 0 Å². The maximum Gasteiger partial charge on any atom is 0.220 e. The quantitative estimate of drug-likeness (QED) is 0.485. The lowest BCUT2D eigenvalue weighted by atomic mass is 9.89. The summed E-state index contributed by atoms with van der Waals surface area (Å²) in [5, 5.41) is 3.46. The second-order valence-electron chi connectivity index (χ2n) is 5.94. The number of hydrogen-bond acceptors (Lipinski definition) is 1. The van der Waals surface area contributed by atoms with E-state index < -0.39 is 0 Å². The molecular weight excluding hydrogens is 258 g/mol. The summed E-state index contributed by atoms with van der Waals surface area (Å²) < 4.78 is 0. The average molecular weight is 288 g/mol. The van der Waals surface area contributed by atoms with Gasteiger partial charge >= 0.3 is 0 Å². The molecule has 1 rings (SSSR count). The molecule has 0 heterocycles. The smallest absolute Gasteiger partial charge is 0.220 e. The highest BCUT2D eigenvalue weighted by molar-refractivity contribution is 6.20. The predicted octanol–water partition coefficient (Wildman–Crippen LogP) is 4.65. The number of carbonyl (C=O) groups is 1. The maximum absolute atomic E-state index is 11.7. The molecule has 0 aromatic carbocycles. The van der Waals surface area contributed by atoms with E-state index in [1.165, 1.54) is 44.9 Å². The normalized spacial score (nSPS) is 23.3. The first kappa shape index (κ1) is 16.8. The number of amides is 1. The monoisotopic (exact) mass is 287 g/mol. The van der Waals surface area contributed by atoms with Crippen molar-refractivity contribution in [1.82, 2.24) is 5.32 Å². The Labute approximate surface area is 123 Å². The molecule has 0 bridgehead atoms. The summed E-state index contributed by atoms with van der Waals surface area (Å²) in [6.45, 7) is 3.09. The third-order valence-electron chi connectivity index (χ3n) is 4.12. The molecule has 1 aliphatic rings. The molecule has 0 aromatic rings. The molecule has 0 spiro atoms. The number of nitrogens with one attached hydrogen (secondary N) is 1. The van der Waals surface area contributed by atoms with Gasteiger partial charge in [0.15, 0.2) is 0 Å². The summed E-state index contributed by atoms with van der Waals surface area (Å²) in [6, 6.07) is 0. The second-order valence-corrected chi connectivity index (χ2v) is 6.56. The lowest BCUT2D eigenvalue weighted by Crippen LogP contribution is -2.31. The Morgan fingerprint density at radius 2 is 1.68 bits per heavy atom. The van der Waals surface area contributed by atoms with Gasteiger partial charge in [-0.1, -0.05) is 39.0 Å². The molecule has 0 aliphatic heterocycles. The molecule has 112 valence electrons. The summed E-state index contributed by atoms with van der Waals surface area (Å²) in [4.78, 5) is 11.7. The van der Waals surface area contributed by atoms with Crippen molar-refractivity contribution in [2.24, 2.45) is 5.92 Å². The van der Waals surface area contributed by atoms with Gasteiger partial charge in [0.25, 0.3) is 0 Å². The summed E-state index contributed by atoms with van der Waals surface area (Å²) in [6.07, 6.45) is 12.7. The van der Waals surface area contributed by atoms with Crippen LogP contribution in [0, 0.1) is 5.92 Å². The van der Waals surface area contributed by atoms with E-state index in [1.54, 1.807) is 0 Å². The highest BCUT2D eigenvalue weighted by Gasteiger charge is 2.19. The van der Waals surface area contributed by atoms with E-state index in [9.17, 15) is 4.79 Å². The van der Waals surface area contributed by atoms with Crippen molar-refractivity contribution >= 4 is 17.5 Å². The number of alkyl halides is 1. The van der Waals surface area contributed by atoms with Gasteiger partial charge in [-0.25, -0.2) is 0 Å². The molecule has 1 fully saturated rings. The third-order valence-corrected chi connectivity index (χ3v) is 4.56. The van der Waals surface area contributed by atoms with Gasteiger partial charge in [-0.3, -0.25) is 4.79 Å². The van der Waals surface area contributed by atoms with Crippen molar-refractivity contribution in [3.05, 3.63) is 0 Å². The van der Waals surface area contributed by atoms with Crippen molar-refractivity contribution in [2.45, 2.75) is 82.9 Å². The summed E-state index contributed by atoms with van der Waals surface area (Å²) in [5.74, 6) is 0.895. The van der Waals surface area contributed by atoms with E-state index >= 15 is 0 Å². The molecule has 0 unspecified atom stereocenters. The van der Waals surface area contributed by atoms with Crippen LogP contribution in [0.2, 0.25) is 0 Å².